The van der Waals surface area contributed by atoms with Gasteiger partial charge < -0.3 is 10.5 Å². The normalized spacial score (nSPS) is 28.3. The molecule has 1 aliphatic carbocycles. The van der Waals surface area contributed by atoms with E-state index in [2.05, 4.69) is 17.9 Å². The molecule has 2 N–H and O–H groups in total. The van der Waals surface area contributed by atoms with Gasteiger partial charge in [-0.15, -0.1) is 11.3 Å². The molecule has 0 aromatic carbocycles. The fraction of sp³-hybridized carbons (Fsp3) is 0.733. The van der Waals surface area contributed by atoms with Crippen LogP contribution in [-0.4, -0.2) is 30.2 Å². The molecule has 1 aromatic heterocycles. The number of nitrogens with two attached hydrogens (primary N) is 1. The maximum Gasteiger partial charge on any atom is 0.0731 e. The van der Waals surface area contributed by atoms with E-state index in [1.165, 1.54) is 41.0 Å². The molecule has 106 valence electrons. The Morgan fingerprint density at radius 3 is 3.05 bits per heavy atom. The van der Waals surface area contributed by atoms with Crippen LogP contribution in [0.3, 0.4) is 0 Å². The van der Waals surface area contributed by atoms with Gasteiger partial charge in [-0.25, -0.2) is 0 Å². The first kappa shape index (κ1) is 13.6. The van der Waals surface area contributed by atoms with Crippen LogP contribution < -0.4 is 5.73 Å². The Balaban J connectivity index is 1.72. The van der Waals surface area contributed by atoms with Crippen molar-refractivity contribution < 1.29 is 4.74 Å². The molecule has 3 nitrogen and oxygen atoms in total. The minimum absolute atomic E-state index is 0.482. The Bertz CT molecular complexity index is 430. The molecule has 0 spiro atoms. The van der Waals surface area contributed by atoms with E-state index >= 15 is 0 Å². The van der Waals surface area contributed by atoms with E-state index in [0.29, 0.717) is 18.7 Å². The van der Waals surface area contributed by atoms with Crippen molar-refractivity contribution >= 4 is 11.3 Å². The summed E-state index contributed by atoms with van der Waals surface area (Å²) in [5.74, 6) is 0. The van der Waals surface area contributed by atoms with Gasteiger partial charge in [-0.05, 0) is 31.4 Å². The van der Waals surface area contributed by atoms with Crippen LogP contribution in [0.25, 0.3) is 0 Å². The third-order valence-electron chi connectivity index (χ3n) is 4.49. The van der Waals surface area contributed by atoms with Gasteiger partial charge in [0.25, 0.3) is 0 Å². The van der Waals surface area contributed by atoms with Crippen molar-refractivity contribution in [1.29, 1.82) is 0 Å². The number of hydrogen-bond acceptors (Lipinski definition) is 4. The van der Waals surface area contributed by atoms with E-state index in [4.69, 9.17) is 10.5 Å². The summed E-state index contributed by atoms with van der Waals surface area (Å²) >= 11 is 1.85. The summed E-state index contributed by atoms with van der Waals surface area (Å²) in [6.45, 7) is 5.94. The maximum absolute atomic E-state index is 5.95. The van der Waals surface area contributed by atoms with Crippen LogP contribution in [0.4, 0.5) is 0 Å². The summed E-state index contributed by atoms with van der Waals surface area (Å²) < 4.78 is 5.95. The molecule has 19 heavy (non-hydrogen) atoms. The summed E-state index contributed by atoms with van der Waals surface area (Å²) in [6.07, 6.45) is 5.73. The van der Waals surface area contributed by atoms with E-state index < -0.39 is 0 Å². The third kappa shape index (κ3) is 2.87. The lowest BCUT2D eigenvalue weighted by molar-refractivity contribution is -0.0911. The first-order chi connectivity index (χ1) is 9.28. The number of hydrogen-bond donors (Lipinski definition) is 1. The maximum atomic E-state index is 5.95. The summed E-state index contributed by atoms with van der Waals surface area (Å²) in [5, 5.41) is 0. The molecule has 1 aromatic rings. The van der Waals surface area contributed by atoms with Gasteiger partial charge in [0.1, 0.15) is 0 Å². The minimum atomic E-state index is 0.482. The average Bonchev–Trinajstić information content (AvgIpc) is 2.80. The Labute approximate surface area is 119 Å². The van der Waals surface area contributed by atoms with Crippen LogP contribution >= 0.6 is 11.3 Å². The first-order valence-corrected chi connectivity index (χ1v) is 8.23. The average molecular weight is 280 g/mol. The van der Waals surface area contributed by atoms with E-state index in [1.54, 1.807) is 0 Å². The summed E-state index contributed by atoms with van der Waals surface area (Å²) in [7, 11) is 0. The molecule has 0 bridgehead atoms. The third-order valence-corrected chi connectivity index (χ3v) is 5.61. The van der Waals surface area contributed by atoms with Crippen LogP contribution in [-0.2, 0) is 17.8 Å². The minimum Gasteiger partial charge on any atom is -0.375 e. The quantitative estimate of drug-likeness (QED) is 0.925. The van der Waals surface area contributed by atoms with Crippen LogP contribution in [0, 0.1) is 6.92 Å². The smallest absolute Gasteiger partial charge is 0.0731 e. The lowest BCUT2D eigenvalue weighted by atomic mass is 9.90. The van der Waals surface area contributed by atoms with Crippen LogP contribution in [0.15, 0.2) is 6.07 Å². The van der Waals surface area contributed by atoms with Gasteiger partial charge in [0.2, 0.25) is 0 Å². The Morgan fingerprint density at radius 2 is 2.26 bits per heavy atom. The molecule has 1 saturated heterocycles. The number of rotatable bonds is 3. The zero-order valence-corrected chi connectivity index (χ0v) is 12.5. The summed E-state index contributed by atoms with van der Waals surface area (Å²) in [6, 6.07) is 2.94. The molecule has 0 amide bonds. The second-order valence-electron chi connectivity index (χ2n) is 5.73. The number of fused-ring (bicyclic) bond motifs is 1. The predicted molar refractivity (Wildman–Crippen MR) is 79.4 cm³/mol. The van der Waals surface area contributed by atoms with Crippen molar-refractivity contribution in [2.45, 2.75) is 57.8 Å². The first-order valence-electron chi connectivity index (χ1n) is 7.42. The molecule has 4 heteroatoms. The Morgan fingerprint density at radius 1 is 1.42 bits per heavy atom. The second-order valence-corrected chi connectivity index (χ2v) is 7.07. The highest BCUT2D eigenvalue weighted by Crippen LogP contribution is 2.31. The molecule has 2 atom stereocenters. The Kier molecular flexibility index (Phi) is 4.22. The summed E-state index contributed by atoms with van der Waals surface area (Å²) in [4.78, 5) is 5.38. The van der Waals surface area contributed by atoms with Crippen molar-refractivity contribution in [3.63, 3.8) is 0 Å². The number of aryl methyl sites for hydroxylation is 1. The molecule has 3 rings (SSSR count). The van der Waals surface area contributed by atoms with Gasteiger partial charge >= 0.3 is 0 Å². The van der Waals surface area contributed by atoms with Gasteiger partial charge in [0, 0.05) is 35.4 Å². The predicted octanol–water partition coefficient (Wildman–Crippen LogP) is 2.66. The fourth-order valence-electron chi connectivity index (χ4n) is 3.44. The fourth-order valence-corrected chi connectivity index (χ4v) is 4.37. The van der Waals surface area contributed by atoms with E-state index in [0.717, 1.165) is 19.7 Å². The highest BCUT2D eigenvalue weighted by Gasteiger charge is 2.34. The SMILES string of the molecule is Cc1sc(CN)cc1CN1CCOC2CCCCC21. The lowest BCUT2D eigenvalue weighted by Gasteiger charge is -2.43. The Hall–Kier alpha value is -0.420. The van der Waals surface area contributed by atoms with Crippen molar-refractivity contribution in [2.75, 3.05) is 13.2 Å². The number of ether oxygens (including phenoxy) is 1. The topological polar surface area (TPSA) is 38.5 Å². The zero-order chi connectivity index (χ0) is 13.2. The van der Waals surface area contributed by atoms with Gasteiger partial charge in [0.15, 0.2) is 0 Å². The molecule has 2 unspecified atom stereocenters. The monoisotopic (exact) mass is 280 g/mol. The highest BCUT2D eigenvalue weighted by molar-refractivity contribution is 7.12. The lowest BCUT2D eigenvalue weighted by Crippen LogP contribution is -2.52. The molecule has 2 aliphatic rings. The van der Waals surface area contributed by atoms with Crippen molar-refractivity contribution in [1.82, 2.24) is 4.90 Å². The number of morpholine rings is 1. The van der Waals surface area contributed by atoms with Crippen molar-refractivity contribution in [3.05, 3.63) is 21.4 Å². The standard InChI is InChI=1S/C15H24N2OS/c1-11-12(8-13(9-16)19-11)10-17-6-7-18-15-5-3-2-4-14(15)17/h8,14-15H,2-7,9-10,16H2,1H3. The molecule has 2 fully saturated rings. The van der Waals surface area contributed by atoms with E-state index in [-0.39, 0.29) is 0 Å². The van der Waals surface area contributed by atoms with Crippen LogP contribution in [0.5, 0.6) is 0 Å². The van der Waals surface area contributed by atoms with Crippen LogP contribution in [0.1, 0.15) is 41.0 Å². The van der Waals surface area contributed by atoms with Gasteiger partial charge in [-0.3, -0.25) is 4.90 Å². The largest absolute Gasteiger partial charge is 0.375 e. The van der Waals surface area contributed by atoms with Gasteiger partial charge in [-0.2, -0.15) is 0 Å². The molecule has 1 aliphatic heterocycles. The van der Waals surface area contributed by atoms with Gasteiger partial charge in [0.05, 0.1) is 12.7 Å². The van der Waals surface area contributed by atoms with Crippen LogP contribution in [0.2, 0.25) is 0 Å². The van der Waals surface area contributed by atoms with Crippen molar-refractivity contribution in [3.8, 4) is 0 Å². The summed E-state index contributed by atoms with van der Waals surface area (Å²) in [5.41, 5.74) is 7.22. The van der Waals surface area contributed by atoms with Gasteiger partial charge in [-0.1, -0.05) is 12.8 Å². The number of thiophene rings is 1. The van der Waals surface area contributed by atoms with Crippen molar-refractivity contribution in [2.24, 2.45) is 5.73 Å². The highest BCUT2D eigenvalue weighted by atomic mass is 32.1. The molecular formula is C15H24N2OS. The van der Waals surface area contributed by atoms with E-state index in [9.17, 15) is 0 Å². The molecule has 0 radical (unpaired) electrons. The zero-order valence-electron chi connectivity index (χ0n) is 11.7. The molecular weight excluding hydrogens is 256 g/mol. The molecule has 1 saturated carbocycles. The number of nitrogens with zero attached hydrogens (tertiary/aromatic N) is 1. The molecule has 2 heterocycles. The second kappa shape index (κ2) is 5.92. The van der Waals surface area contributed by atoms with E-state index in [1.807, 2.05) is 11.3 Å².